The highest BCUT2D eigenvalue weighted by Gasteiger charge is 2.37. The summed E-state index contributed by atoms with van der Waals surface area (Å²) in [6, 6.07) is 10.7. The smallest absolute Gasteiger partial charge is 0.497 e. The Bertz CT molecular complexity index is 1370. The minimum Gasteiger partial charge on any atom is -0.497 e. The van der Waals surface area contributed by atoms with Crippen molar-refractivity contribution in [2.75, 3.05) is 26.1 Å². The van der Waals surface area contributed by atoms with E-state index in [0.717, 1.165) is 17.7 Å². The number of anilines is 1. The van der Waals surface area contributed by atoms with Crippen molar-refractivity contribution in [3.05, 3.63) is 86.4 Å². The predicted molar refractivity (Wildman–Crippen MR) is 132 cm³/mol. The molecule has 0 saturated carbocycles. The molecule has 0 radical (unpaired) electrons. The monoisotopic (exact) mass is 551 g/mol. The van der Waals surface area contributed by atoms with Gasteiger partial charge in [-0.15, -0.1) is 13.2 Å². The molecule has 1 aliphatic rings. The van der Waals surface area contributed by atoms with Crippen LogP contribution in [0.2, 0.25) is 5.02 Å². The van der Waals surface area contributed by atoms with E-state index in [4.69, 9.17) is 21.1 Å². The van der Waals surface area contributed by atoms with E-state index >= 15 is 0 Å². The van der Waals surface area contributed by atoms with Gasteiger partial charge >= 0.3 is 12.4 Å². The van der Waals surface area contributed by atoms with Gasteiger partial charge in [-0.1, -0.05) is 23.7 Å². The molecule has 3 aromatic rings. The Morgan fingerprint density at radius 2 is 1.87 bits per heavy atom. The number of rotatable bonds is 6. The lowest BCUT2D eigenvalue weighted by molar-refractivity contribution is -0.384. The van der Waals surface area contributed by atoms with Crippen LogP contribution in [0.1, 0.15) is 22.7 Å². The van der Waals surface area contributed by atoms with Gasteiger partial charge in [-0.05, 0) is 41.8 Å². The Morgan fingerprint density at radius 3 is 2.53 bits per heavy atom. The van der Waals surface area contributed by atoms with Crippen LogP contribution < -0.4 is 19.5 Å². The molecule has 200 valence electrons. The number of nitro groups is 1. The number of fused-ring (bicyclic) bond motifs is 1. The molecule has 1 atom stereocenters. The summed E-state index contributed by atoms with van der Waals surface area (Å²) in [5, 5.41) is 13.9. The molecule has 38 heavy (non-hydrogen) atoms. The molecule has 3 aromatic carbocycles. The number of carbonyl (C=O) groups is 1. The van der Waals surface area contributed by atoms with Crippen molar-refractivity contribution in [3.63, 3.8) is 0 Å². The zero-order valence-corrected chi connectivity index (χ0v) is 20.8. The minimum absolute atomic E-state index is 0.00580. The normalized spacial score (nSPS) is 14.9. The first-order valence-electron chi connectivity index (χ1n) is 11.1. The van der Waals surface area contributed by atoms with Gasteiger partial charge in [-0.2, -0.15) is 0 Å². The topological polar surface area (TPSA) is 103 Å². The standard InChI is InChI=1S/C25H21ClF3N3O6/c1-36-18-10-14-8-9-31(24(33)30-20-12-16(32(34)35)6-7-19(20)26)23(22(14)21(13-18)37-2)15-4-3-5-17(11-15)38-25(27,28)29/h3-7,10-13,23H,8-9H2,1-2H3,(H,30,33). The third kappa shape index (κ3) is 5.70. The van der Waals surface area contributed by atoms with Crippen LogP contribution in [0.5, 0.6) is 17.2 Å². The molecule has 0 bridgehead atoms. The van der Waals surface area contributed by atoms with Crippen molar-refractivity contribution in [2.24, 2.45) is 0 Å². The number of alkyl halides is 3. The third-order valence-electron chi connectivity index (χ3n) is 5.93. The Morgan fingerprint density at radius 1 is 1.11 bits per heavy atom. The molecule has 9 nitrogen and oxygen atoms in total. The summed E-state index contributed by atoms with van der Waals surface area (Å²) in [6.07, 6.45) is -4.54. The van der Waals surface area contributed by atoms with E-state index in [2.05, 4.69) is 10.1 Å². The number of amides is 2. The Kier molecular flexibility index (Phi) is 7.53. The lowest BCUT2D eigenvalue weighted by Gasteiger charge is -2.38. The van der Waals surface area contributed by atoms with E-state index in [-0.39, 0.29) is 22.9 Å². The number of nitro benzene ring substituents is 1. The van der Waals surface area contributed by atoms with E-state index in [9.17, 15) is 28.1 Å². The van der Waals surface area contributed by atoms with E-state index in [1.54, 1.807) is 18.2 Å². The van der Waals surface area contributed by atoms with Gasteiger partial charge in [0.1, 0.15) is 17.2 Å². The molecule has 0 fully saturated rings. The van der Waals surface area contributed by atoms with Gasteiger partial charge in [0.25, 0.3) is 5.69 Å². The van der Waals surface area contributed by atoms with Crippen molar-refractivity contribution in [2.45, 2.75) is 18.8 Å². The van der Waals surface area contributed by atoms with Crippen LogP contribution in [0.25, 0.3) is 0 Å². The number of nitrogens with one attached hydrogen (secondary N) is 1. The lowest BCUT2D eigenvalue weighted by Crippen LogP contribution is -2.43. The number of urea groups is 1. The molecule has 1 heterocycles. The zero-order valence-electron chi connectivity index (χ0n) is 20.0. The van der Waals surface area contributed by atoms with Crippen molar-refractivity contribution in [1.29, 1.82) is 0 Å². The van der Waals surface area contributed by atoms with Crippen LogP contribution in [-0.4, -0.2) is 43.0 Å². The number of hydrogen-bond donors (Lipinski definition) is 1. The first kappa shape index (κ1) is 26.9. The Hall–Kier alpha value is -4.19. The maximum absolute atomic E-state index is 13.5. The summed E-state index contributed by atoms with van der Waals surface area (Å²) in [7, 11) is 2.92. The lowest BCUT2D eigenvalue weighted by atomic mass is 9.87. The number of carbonyl (C=O) groups excluding carboxylic acids is 1. The van der Waals surface area contributed by atoms with Crippen molar-refractivity contribution in [1.82, 2.24) is 4.90 Å². The molecule has 1 N–H and O–H groups in total. The summed E-state index contributed by atoms with van der Waals surface area (Å²) in [6.45, 7) is 0.150. The first-order valence-corrected chi connectivity index (χ1v) is 11.5. The van der Waals surface area contributed by atoms with Crippen LogP contribution >= 0.6 is 11.6 Å². The molecule has 0 aromatic heterocycles. The highest BCUT2D eigenvalue weighted by atomic mass is 35.5. The number of non-ortho nitro benzene ring substituents is 1. The predicted octanol–water partition coefficient (Wildman–Crippen LogP) is 6.34. The van der Waals surface area contributed by atoms with Gasteiger partial charge in [0.15, 0.2) is 0 Å². The highest BCUT2D eigenvalue weighted by Crippen LogP contribution is 2.44. The fourth-order valence-electron chi connectivity index (χ4n) is 4.34. The second kappa shape index (κ2) is 10.7. The Balaban J connectivity index is 1.81. The van der Waals surface area contributed by atoms with E-state index < -0.39 is 29.1 Å². The van der Waals surface area contributed by atoms with Gasteiger partial charge in [-0.25, -0.2) is 4.79 Å². The summed E-state index contributed by atoms with van der Waals surface area (Å²) in [4.78, 5) is 25.5. The zero-order chi connectivity index (χ0) is 27.6. The van der Waals surface area contributed by atoms with Gasteiger partial charge in [0, 0.05) is 30.3 Å². The number of nitrogens with zero attached hydrogens (tertiary/aromatic N) is 2. The minimum atomic E-state index is -4.91. The number of ether oxygens (including phenoxy) is 3. The summed E-state index contributed by atoms with van der Waals surface area (Å²) < 4.78 is 53.9. The number of hydrogen-bond acceptors (Lipinski definition) is 6. The average Bonchev–Trinajstić information content (AvgIpc) is 2.87. The molecule has 2 amide bonds. The average molecular weight is 552 g/mol. The first-order chi connectivity index (χ1) is 18.0. The van der Waals surface area contributed by atoms with E-state index in [1.807, 2.05) is 0 Å². The third-order valence-corrected chi connectivity index (χ3v) is 6.26. The molecule has 0 aliphatic carbocycles. The van der Waals surface area contributed by atoms with Crippen LogP contribution in [0.3, 0.4) is 0 Å². The fourth-order valence-corrected chi connectivity index (χ4v) is 4.51. The molecule has 0 saturated heterocycles. The van der Waals surface area contributed by atoms with Crippen molar-refractivity contribution >= 4 is 29.0 Å². The maximum Gasteiger partial charge on any atom is 0.573 e. The summed E-state index contributed by atoms with van der Waals surface area (Å²) in [5.74, 6) is 0.406. The molecular formula is C25H21ClF3N3O6. The second-order valence-electron chi connectivity index (χ2n) is 8.22. The molecule has 1 unspecified atom stereocenters. The van der Waals surface area contributed by atoms with Crippen LogP contribution in [-0.2, 0) is 6.42 Å². The molecule has 13 heteroatoms. The van der Waals surface area contributed by atoms with Crippen molar-refractivity contribution in [3.8, 4) is 17.2 Å². The van der Waals surface area contributed by atoms with Gasteiger partial charge < -0.3 is 24.4 Å². The number of benzene rings is 3. The van der Waals surface area contributed by atoms with Gasteiger partial charge in [-0.3, -0.25) is 10.1 Å². The van der Waals surface area contributed by atoms with Crippen molar-refractivity contribution < 1.29 is 37.1 Å². The van der Waals surface area contributed by atoms with Crippen LogP contribution in [0, 0.1) is 10.1 Å². The van der Waals surface area contributed by atoms with Crippen LogP contribution in [0.4, 0.5) is 29.3 Å². The van der Waals surface area contributed by atoms with Crippen LogP contribution in [0.15, 0.2) is 54.6 Å². The number of methoxy groups -OCH3 is 2. The van der Waals surface area contributed by atoms with E-state index in [1.165, 1.54) is 43.4 Å². The van der Waals surface area contributed by atoms with Gasteiger partial charge in [0.2, 0.25) is 0 Å². The largest absolute Gasteiger partial charge is 0.573 e. The highest BCUT2D eigenvalue weighted by molar-refractivity contribution is 6.33. The summed E-state index contributed by atoms with van der Waals surface area (Å²) >= 11 is 6.17. The number of halogens is 4. The molecule has 1 aliphatic heterocycles. The fraction of sp³-hybridized carbons (Fsp3) is 0.240. The summed E-state index contributed by atoms with van der Waals surface area (Å²) in [5.41, 5.74) is 1.36. The van der Waals surface area contributed by atoms with Gasteiger partial charge in [0.05, 0.1) is 35.9 Å². The SMILES string of the molecule is COc1cc2c(c(OC)c1)C(c1cccc(OC(F)(F)F)c1)N(C(=O)Nc1cc([N+](=O)[O-])ccc1Cl)CC2. The molecule has 4 rings (SSSR count). The maximum atomic E-state index is 13.5. The molecule has 0 spiro atoms. The Labute approximate surface area is 219 Å². The van der Waals surface area contributed by atoms with E-state index in [0.29, 0.717) is 29.0 Å². The second-order valence-corrected chi connectivity index (χ2v) is 8.63. The quantitative estimate of drug-likeness (QED) is 0.283. The molecular weight excluding hydrogens is 531 g/mol.